The van der Waals surface area contributed by atoms with E-state index in [1.54, 1.807) is 19.4 Å². The van der Waals surface area contributed by atoms with Gasteiger partial charge in [0.05, 0.1) is 17.0 Å². The minimum absolute atomic E-state index is 0.464. The summed E-state index contributed by atoms with van der Waals surface area (Å²) in [5.74, 6) is 2.31. The summed E-state index contributed by atoms with van der Waals surface area (Å²) in [5.41, 5.74) is 5.44. The summed E-state index contributed by atoms with van der Waals surface area (Å²) in [7, 11) is 1.78. The molecule has 0 fully saturated rings. The second-order valence-electron chi connectivity index (χ2n) is 7.74. The Morgan fingerprint density at radius 3 is 2.31 bits per heavy atom. The molecule has 0 saturated carbocycles. The molecule has 2 aromatic carbocycles. The normalized spacial score (nSPS) is 10.6. The highest BCUT2D eigenvalue weighted by atomic mass is 16.5. The number of nitrogens with one attached hydrogen (secondary N) is 2. The molecule has 0 unspecified atom stereocenters. The molecule has 0 aliphatic carbocycles. The van der Waals surface area contributed by atoms with E-state index in [0.717, 1.165) is 33.8 Å². The molecule has 5 aromatic rings. The Kier molecular flexibility index (Phi) is 6.25. The first-order chi connectivity index (χ1) is 17.2. The Bertz CT molecular complexity index is 1440. The highest BCUT2D eigenvalue weighted by Gasteiger charge is 2.11. The Hall–Kier alpha value is -4.85. The number of anilines is 3. The molecule has 0 spiro atoms. The molecule has 0 amide bonds. The van der Waals surface area contributed by atoms with E-state index in [-0.39, 0.29) is 0 Å². The van der Waals surface area contributed by atoms with Crippen LogP contribution in [0.4, 0.5) is 17.5 Å². The first-order valence-corrected chi connectivity index (χ1v) is 11.1. The first kappa shape index (κ1) is 22.0. The summed E-state index contributed by atoms with van der Waals surface area (Å²) >= 11 is 0. The zero-order chi connectivity index (χ0) is 24.0. The lowest BCUT2D eigenvalue weighted by atomic mass is 10.1. The largest absolute Gasteiger partial charge is 0.438 e. The fraction of sp³-hybridized carbons (Fsp3) is 0.0741. The molecular formula is C27H23N7O. The highest BCUT2D eigenvalue weighted by Crippen LogP contribution is 2.31. The van der Waals surface area contributed by atoms with Crippen LogP contribution < -0.4 is 15.4 Å². The van der Waals surface area contributed by atoms with Crippen LogP contribution in [0.1, 0.15) is 5.56 Å². The van der Waals surface area contributed by atoms with Crippen LogP contribution in [-0.2, 0) is 0 Å². The number of aryl methyl sites for hydroxylation is 1. The Morgan fingerprint density at radius 2 is 1.54 bits per heavy atom. The van der Waals surface area contributed by atoms with Gasteiger partial charge >= 0.3 is 0 Å². The van der Waals surface area contributed by atoms with Gasteiger partial charge in [-0.15, -0.1) is 10.2 Å². The number of hydrogen-bond donors (Lipinski definition) is 2. The van der Waals surface area contributed by atoms with E-state index in [1.165, 1.54) is 0 Å². The number of aromatic nitrogens is 5. The smallest absolute Gasteiger partial charge is 0.228 e. The van der Waals surface area contributed by atoms with Crippen molar-refractivity contribution < 1.29 is 4.74 Å². The molecule has 0 aliphatic heterocycles. The van der Waals surface area contributed by atoms with Crippen molar-refractivity contribution >= 4 is 17.5 Å². The molecule has 0 radical (unpaired) electrons. The van der Waals surface area contributed by atoms with Crippen molar-refractivity contribution in [3.05, 3.63) is 96.8 Å². The number of rotatable bonds is 7. The lowest BCUT2D eigenvalue weighted by Gasteiger charge is -2.11. The van der Waals surface area contributed by atoms with E-state index < -0.39 is 0 Å². The average molecular weight is 462 g/mol. The molecular weight excluding hydrogens is 438 g/mol. The zero-order valence-corrected chi connectivity index (χ0v) is 19.3. The third kappa shape index (κ3) is 5.06. The Morgan fingerprint density at radius 1 is 0.714 bits per heavy atom. The van der Waals surface area contributed by atoms with Gasteiger partial charge in [0.25, 0.3) is 0 Å². The standard InChI is InChI=1S/C27H23N7O/c1-18-6-3-4-7-21(18)24-13-14-25(34-33-24)31-19-9-11-20(12-10-19)35-26-22(8-5-16-29-26)23-15-17-30-27(28-2)32-23/h3-17H,1-2H3,(H,31,34)(H,28,30,32). The van der Waals surface area contributed by atoms with Gasteiger partial charge in [-0.2, -0.15) is 0 Å². The summed E-state index contributed by atoms with van der Waals surface area (Å²) in [6.07, 6.45) is 3.38. The Labute approximate surface area is 203 Å². The van der Waals surface area contributed by atoms with Crippen molar-refractivity contribution in [3.8, 4) is 34.1 Å². The predicted octanol–water partition coefficient (Wildman–Crippen LogP) is 5.88. The SMILES string of the molecule is CNc1nccc(-c2cccnc2Oc2ccc(Nc3ccc(-c4ccccc4C)nn3)cc2)n1. The molecule has 5 rings (SSSR count). The highest BCUT2D eigenvalue weighted by molar-refractivity contribution is 5.67. The van der Waals surface area contributed by atoms with Gasteiger partial charge in [0.2, 0.25) is 11.8 Å². The van der Waals surface area contributed by atoms with Gasteiger partial charge < -0.3 is 15.4 Å². The van der Waals surface area contributed by atoms with Gasteiger partial charge in [0, 0.05) is 30.7 Å². The molecule has 0 saturated heterocycles. The van der Waals surface area contributed by atoms with Crippen LogP contribution in [0.25, 0.3) is 22.5 Å². The summed E-state index contributed by atoms with van der Waals surface area (Å²) in [6.45, 7) is 2.06. The van der Waals surface area contributed by atoms with Crippen molar-refractivity contribution in [2.45, 2.75) is 6.92 Å². The van der Waals surface area contributed by atoms with Gasteiger partial charge in [-0.25, -0.2) is 15.0 Å². The fourth-order valence-corrected chi connectivity index (χ4v) is 3.56. The second-order valence-corrected chi connectivity index (χ2v) is 7.74. The van der Waals surface area contributed by atoms with Crippen LogP contribution in [0.3, 0.4) is 0 Å². The van der Waals surface area contributed by atoms with Gasteiger partial charge in [0.1, 0.15) is 5.75 Å². The Balaban J connectivity index is 1.29. The molecule has 2 N–H and O–H groups in total. The maximum absolute atomic E-state index is 6.07. The van der Waals surface area contributed by atoms with Crippen LogP contribution in [0.2, 0.25) is 0 Å². The fourth-order valence-electron chi connectivity index (χ4n) is 3.56. The maximum Gasteiger partial charge on any atom is 0.228 e. The van der Waals surface area contributed by atoms with Crippen LogP contribution in [-0.4, -0.2) is 32.2 Å². The van der Waals surface area contributed by atoms with Gasteiger partial charge in [-0.1, -0.05) is 24.3 Å². The summed E-state index contributed by atoms with van der Waals surface area (Å²) in [4.78, 5) is 13.1. The van der Waals surface area contributed by atoms with Crippen LogP contribution >= 0.6 is 0 Å². The molecule has 35 heavy (non-hydrogen) atoms. The van der Waals surface area contributed by atoms with E-state index in [1.807, 2.05) is 72.8 Å². The number of benzene rings is 2. The summed E-state index contributed by atoms with van der Waals surface area (Å²) in [6, 6.07) is 25.2. The number of pyridine rings is 1. The third-order valence-electron chi connectivity index (χ3n) is 5.35. The van der Waals surface area contributed by atoms with Crippen molar-refractivity contribution in [2.75, 3.05) is 17.7 Å². The zero-order valence-electron chi connectivity index (χ0n) is 19.3. The van der Waals surface area contributed by atoms with Crippen LogP contribution in [0.5, 0.6) is 11.6 Å². The van der Waals surface area contributed by atoms with Crippen molar-refractivity contribution in [2.24, 2.45) is 0 Å². The van der Waals surface area contributed by atoms with Crippen molar-refractivity contribution in [1.82, 2.24) is 25.1 Å². The predicted molar refractivity (Wildman–Crippen MR) is 137 cm³/mol. The summed E-state index contributed by atoms with van der Waals surface area (Å²) < 4.78 is 6.07. The van der Waals surface area contributed by atoms with Gasteiger partial charge in [-0.3, -0.25) is 0 Å². The minimum Gasteiger partial charge on any atom is -0.438 e. The molecule has 8 nitrogen and oxygen atoms in total. The van der Waals surface area contributed by atoms with E-state index in [2.05, 4.69) is 48.8 Å². The van der Waals surface area contributed by atoms with E-state index >= 15 is 0 Å². The maximum atomic E-state index is 6.07. The molecule has 0 bridgehead atoms. The van der Waals surface area contributed by atoms with Crippen LogP contribution in [0.15, 0.2) is 91.3 Å². The second kappa shape index (κ2) is 9.96. The van der Waals surface area contributed by atoms with E-state index in [9.17, 15) is 0 Å². The average Bonchev–Trinajstić information content (AvgIpc) is 2.91. The van der Waals surface area contributed by atoms with Gasteiger partial charge in [0.15, 0.2) is 5.82 Å². The molecule has 0 atom stereocenters. The van der Waals surface area contributed by atoms with Crippen molar-refractivity contribution in [3.63, 3.8) is 0 Å². The number of hydrogen-bond acceptors (Lipinski definition) is 8. The third-order valence-corrected chi connectivity index (χ3v) is 5.35. The molecule has 3 aromatic heterocycles. The molecule has 172 valence electrons. The molecule has 3 heterocycles. The molecule has 8 heteroatoms. The molecule has 0 aliphatic rings. The number of nitrogens with zero attached hydrogens (tertiary/aromatic N) is 5. The van der Waals surface area contributed by atoms with Crippen molar-refractivity contribution in [1.29, 1.82) is 0 Å². The number of ether oxygens (including phenoxy) is 1. The topological polar surface area (TPSA) is 97.7 Å². The quantitative estimate of drug-likeness (QED) is 0.310. The summed E-state index contributed by atoms with van der Waals surface area (Å²) in [5, 5.41) is 14.9. The lowest BCUT2D eigenvalue weighted by molar-refractivity contribution is 0.465. The van der Waals surface area contributed by atoms with Crippen LogP contribution in [0, 0.1) is 6.92 Å². The van der Waals surface area contributed by atoms with E-state index in [4.69, 9.17) is 4.74 Å². The van der Waals surface area contributed by atoms with Gasteiger partial charge in [-0.05, 0) is 67.1 Å². The monoisotopic (exact) mass is 461 g/mol. The minimum atomic E-state index is 0.464. The first-order valence-electron chi connectivity index (χ1n) is 11.1. The van der Waals surface area contributed by atoms with E-state index in [0.29, 0.717) is 23.4 Å². The lowest BCUT2D eigenvalue weighted by Crippen LogP contribution is -1.99.